The summed E-state index contributed by atoms with van der Waals surface area (Å²) in [5.41, 5.74) is -1.38. The Hall–Kier alpha value is -5.49. The molecule has 3 heterocycles. The van der Waals surface area contributed by atoms with Crippen LogP contribution in [0, 0.1) is 0 Å². The molecule has 502 valence electrons. The SMILES string of the molecule is CC(C)(C)OC(=O)NCC[C@H](O)C(=O)N[C@@H]1C[C@H](NC(=O)OC(C)(C)C)C(O[C@@H]2OC(CN(CCNCc3ccccc3)CCNCc3ccccc3)CCC2NC(=O)OC(C)(C)C)C(O)[C@@H]1O[C@@H]1OC2COC(C)(C)O[C@@H]2[C@H](NC(=O)OC(C)(C)C)C1O. The van der Waals surface area contributed by atoms with E-state index in [4.69, 9.17) is 47.4 Å². The van der Waals surface area contributed by atoms with E-state index in [-0.39, 0.29) is 26.0 Å². The molecular formula is C63H102N8O18. The van der Waals surface area contributed by atoms with E-state index >= 15 is 0 Å². The average molecular weight is 1260 g/mol. The smallest absolute Gasteiger partial charge is 0.408 e. The number of benzene rings is 2. The Kier molecular flexibility index (Phi) is 26.2. The van der Waals surface area contributed by atoms with Gasteiger partial charge in [0.15, 0.2) is 18.4 Å². The summed E-state index contributed by atoms with van der Waals surface area (Å²) in [6.07, 6.45) is -17.3. The lowest BCUT2D eigenvalue weighted by atomic mass is 9.83. The van der Waals surface area contributed by atoms with E-state index in [2.05, 4.69) is 66.4 Å². The van der Waals surface area contributed by atoms with Crippen molar-refractivity contribution in [3.8, 4) is 0 Å². The zero-order valence-corrected chi connectivity index (χ0v) is 54.5. The maximum absolute atomic E-state index is 14.2. The molecule has 6 unspecified atom stereocenters. The molecule has 6 rings (SSSR count). The van der Waals surface area contributed by atoms with Crippen molar-refractivity contribution in [3.63, 3.8) is 0 Å². The molecule has 26 nitrogen and oxygen atoms in total. The number of nitrogens with zero attached hydrogens (tertiary/aromatic N) is 1. The summed E-state index contributed by atoms with van der Waals surface area (Å²) in [5.74, 6) is -2.14. The Morgan fingerprint density at radius 3 is 1.62 bits per heavy atom. The second-order valence-corrected chi connectivity index (χ2v) is 27.6. The van der Waals surface area contributed by atoms with E-state index in [0.717, 1.165) is 11.1 Å². The van der Waals surface area contributed by atoms with Crippen LogP contribution in [0.15, 0.2) is 60.7 Å². The molecule has 0 aromatic heterocycles. The van der Waals surface area contributed by atoms with Crippen molar-refractivity contribution in [3.05, 3.63) is 71.8 Å². The highest BCUT2D eigenvalue weighted by atomic mass is 16.8. The molecule has 0 spiro atoms. The first kappa shape index (κ1) is 72.6. The Morgan fingerprint density at radius 1 is 0.607 bits per heavy atom. The molecule has 89 heavy (non-hydrogen) atoms. The number of amides is 5. The molecule has 14 atom stereocenters. The van der Waals surface area contributed by atoms with Crippen LogP contribution in [0.4, 0.5) is 19.2 Å². The third-order valence-electron chi connectivity index (χ3n) is 14.5. The number of fused-ring (bicyclic) bond motifs is 1. The number of aliphatic hydroxyl groups excluding tert-OH is 3. The van der Waals surface area contributed by atoms with E-state index in [9.17, 15) is 39.3 Å². The number of carbonyl (C=O) groups excluding carboxylic acids is 5. The number of hydrogen-bond donors (Lipinski definition) is 10. The lowest BCUT2D eigenvalue weighted by molar-refractivity contribution is -0.376. The molecule has 4 fully saturated rings. The molecule has 5 amide bonds. The van der Waals surface area contributed by atoms with Crippen LogP contribution in [0.25, 0.3) is 0 Å². The van der Waals surface area contributed by atoms with E-state index < -0.39 is 144 Å². The molecule has 3 aliphatic heterocycles. The third kappa shape index (κ3) is 24.9. The zero-order valence-electron chi connectivity index (χ0n) is 54.5. The summed E-state index contributed by atoms with van der Waals surface area (Å²) in [6.45, 7) is 27.6. The van der Waals surface area contributed by atoms with Crippen LogP contribution >= 0.6 is 0 Å². The molecule has 0 bridgehead atoms. The standard InChI is InChI=1S/C63H102N8O18/c1-59(2,3)86-55(76)66-28-27-44(72)52(75)67-42-33-43(69-57(78)88-61(7,8)9)50(48(74)49(42)84-54-47(73)46(70-58(79)89-62(10,11)12)51-45(82-54)37-80-63(13,14)85-51)83-53-41(68-56(77)87-60(4,5)6)26-25-40(81-53)36-71(31-29-64-34-38-21-17-15-18-22-38)32-30-65-35-39-23-19-16-20-24-39/h15-24,40-51,53-54,64-65,72-74H,25-37H2,1-14H3,(H,66,76)(H,67,75)(H,68,77)(H,69,78)(H,70,79)/t40?,41?,42-,43+,44+,45?,46-,47?,48?,49-,50?,51+,53+,54+/m1/s1. The lowest BCUT2D eigenvalue weighted by Crippen LogP contribution is -2.72. The van der Waals surface area contributed by atoms with Gasteiger partial charge in [0.1, 0.15) is 65.1 Å². The Labute approximate surface area is 524 Å². The van der Waals surface area contributed by atoms with Gasteiger partial charge in [0.2, 0.25) is 5.91 Å². The predicted octanol–water partition coefficient (Wildman–Crippen LogP) is 4.59. The van der Waals surface area contributed by atoms with E-state index in [1.54, 1.807) is 96.9 Å². The fraction of sp³-hybridized carbons (Fsp3) is 0.730. The summed E-state index contributed by atoms with van der Waals surface area (Å²) in [7, 11) is 0. The quantitative estimate of drug-likeness (QED) is 0.0508. The second kappa shape index (κ2) is 32.2. The van der Waals surface area contributed by atoms with E-state index in [0.29, 0.717) is 58.7 Å². The van der Waals surface area contributed by atoms with Gasteiger partial charge in [0.25, 0.3) is 0 Å². The molecule has 2 aromatic carbocycles. The highest BCUT2D eigenvalue weighted by Gasteiger charge is 2.56. The summed E-state index contributed by atoms with van der Waals surface area (Å²) in [5, 5.41) is 57.7. The highest BCUT2D eigenvalue weighted by molar-refractivity contribution is 5.81. The van der Waals surface area contributed by atoms with Gasteiger partial charge in [-0.15, -0.1) is 0 Å². The van der Waals surface area contributed by atoms with E-state index in [1.165, 1.54) is 0 Å². The first-order valence-corrected chi connectivity index (χ1v) is 31.0. The van der Waals surface area contributed by atoms with Gasteiger partial charge in [-0.2, -0.15) is 0 Å². The zero-order chi connectivity index (χ0) is 65.5. The van der Waals surface area contributed by atoms with Crippen molar-refractivity contribution in [2.45, 2.75) is 249 Å². The van der Waals surface area contributed by atoms with Crippen LogP contribution in [0.2, 0.25) is 0 Å². The largest absolute Gasteiger partial charge is 0.444 e. The Bertz CT molecular complexity index is 2500. The van der Waals surface area contributed by atoms with Crippen LogP contribution in [-0.2, 0) is 65.3 Å². The molecule has 0 radical (unpaired) electrons. The number of hydrogen-bond acceptors (Lipinski definition) is 21. The monoisotopic (exact) mass is 1260 g/mol. The van der Waals surface area contributed by atoms with Crippen molar-refractivity contribution in [1.82, 2.24) is 42.1 Å². The first-order valence-electron chi connectivity index (χ1n) is 31.0. The third-order valence-corrected chi connectivity index (χ3v) is 14.5. The minimum atomic E-state index is -1.89. The summed E-state index contributed by atoms with van der Waals surface area (Å²) in [6, 6.07) is 15.4. The second-order valence-electron chi connectivity index (χ2n) is 27.6. The Balaban J connectivity index is 1.35. The topological polar surface area (TPSA) is 326 Å². The number of ether oxygens (including phenoxy) is 10. The fourth-order valence-electron chi connectivity index (χ4n) is 10.6. The van der Waals surface area contributed by atoms with Gasteiger partial charge in [-0.05, 0) is 134 Å². The summed E-state index contributed by atoms with van der Waals surface area (Å²) >= 11 is 0. The molecule has 10 N–H and O–H groups in total. The summed E-state index contributed by atoms with van der Waals surface area (Å²) in [4.78, 5) is 70.2. The Morgan fingerprint density at radius 2 is 1.09 bits per heavy atom. The van der Waals surface area contributed by atoms with Crippen LogP contribution in [-0.4, -0.2) is 210 Å². The number of alkyl carbamates (subject to hydrolysis) is 4. The van der Waals surface area contributed by atoms with Crippen LogP contribution in [0.3, 0.4) is 0 Å². The first-order chi connectivity index (χ1) is 41.6. The normalized spacial score (nSPS) is 27.6. The van der Waals surface area contributed by atoms with Gasteiger partial charge in [-0.3, -0.25) is 9.69 Å². The van der Waals surface area contributed by atoms with Crippen molar-refractivity contribution >= 4 is 30.3 Å². The van der Waals surface area contributed by atoms with Crippen molar-refractivity contribution < 1.29 is 86.7 Å². The maximum Gasteiger partial charge on any atom is 0.408 e. The van der Waals surface area contributed by atoms with Gasteiger partial charge in [-0.25, -0.2) is 19.2 Å². The number of rotatable bonds is 24. The molecule has 1 aliphatic carbocycles. The van der Waals surface area contributed by atoms with Crippen LogP contribution < -0.4 is 37.2 Å². The van der Waals surface area contributed by atoms with Crippen molar-refractivity contribution in [2.24, 2.45) is 0 Å². The van der Waals surface area contributed by atoms with Gasteiger partial charge in [0.05, 0.1) is 36.9 Å². The highest BCUT2D eigenvalue weighted by Crippen LogP contribution is 2.37. The average Bonchev–Trinajstić information content (AvgIpc) is 3.07. The molecule has 2 aromatic rings. The number of carbonyl (C=O) groups is 5. The molecule has 4 aliphatic rings. The fourth-order valence-corrected chi connectivity index (χ4v) is 10.6. The maximum atomic E-state index is 14.2. The lowest BCUT2D eigenvalue weighted by Gasteiger charge is -2.52. The molecule has 1 saturated carbocycles. The van der Waals surface area contributed by atoms with Crippen molar-refractivity contribution in [1.29, 1.82) is 0 Å². The molecular weight excluding hydrogens is 1160 g/mol. The minimum Gasteiger partial charge on any atom is -0.444 e. The predicted molar refractivity (Wildman–Crippen MR) is 327 cm³/mol. The van der Waals surface area contributed by atoms with E-state index in [1.807, 2.05) is 36.4 Å². The number of aliphatic hydroxyl groups is 3. The van der Waals surface area contributed by atoms with Gasteiger partial charge in [-0.1, -0.05) is 60.7 Å². The molecule has 3 saturated heterocycles. The van der Waals surface area contributed by atoms with Gasteiger partial charge < -0.3 is 99.9 Å². The van der Waals surface area contributed by atoms with Gasteiger partial charge in [0, 0.05) is 52.4 Å². The summed E-state index contributed by atoms with van der Waals surface area (Å²) < 4.78 is 61.5. The number of nitrogens with one attached hydrogen (secondary N) is 7. The van der Waals surface area contributed by atoms with Gasteiger partial charge >= 0.3 is 24.4 Å². The van der Waals surface area contributed by atoms with Crippen LogP contribution in [0.1, 0.15) is 134 Å². The van der Waals surface area contributed by atoms with Crippen molar-refractivity contribution in [2.75, 3.05) is 45.9 Å². The minimum absolute atomic E-state index is 0.0979. The van der Waals surface area contributed by atoms with Crippen LogP contribution in [0.5, 0.6) is 0 Å². The molecule has 26 heteroatoms.